The fraction of sp³-hybridized carbons (Fsp3) is 0.0182. The van der Waals surface area contributed by atoms with E-state index in [0.717, 1.165) is 83.9 Å². The van der Waals surface area contributed by atoms with Gasteiger partial charge in [-0.25, -0.2) is 9.97 Å². The standard InChI is InChI=1S/C55H34N4O/c1-2-14-36(15-3-1)50-32-51(39-26-29-49(57-34-39)38-16-12-30-56-33-38)59-54(58-50)37-24-27-44-42-19-7-6-18-41(42)43-20-8-9-21-45(43)55(48(44)31-37)46-22-10-11-23-52(46)60-53-40-17-5-4-13-35(40)25-28-47(53)55/h1-34H. The summed E-state index contributed by atoms with van der Waals surface area (Å²) in [5.41, 5.74) is 14.7. The molecule has 0 fully saturated rings. The zero-order valence-corrected chi connectivity index (χ0v) is 32.3. The molecular formula is C55H34N4O. The average molecular weight is 767 g/mol. The second-order valence-electron chi connectivity index (χ2n) is 15.4. The maximum absolute atomic E-state index is 7.01. The van der Waals surface area contributed by atoms with Crippen LogP contribution < -0.4 is 4.74 Å². The van der Waals surface area contributed by atoms with Crippen molar-refractivity contribution < 1.29 is 4.74 Å². The molecule has 1 aliphatic heterocycles. The smallest absolute Gasteiger partial charge is 0.160 e. The van der Waals surface area contributed by atoms with Crippen LogP contribution in [0.4, 0.5) is 0 Å². The first-order chi connectivity index (χ1) is 29.7. The molecule has 280 valence electrons. The van der Waals surface area contributed by atoms with Crippen molar-refractivity contribution >= 4 is 10.8 Å². The Bertz CT molecular complexity index is 3290. The topological polar surface area (TPSA) is 60.8 Å². The number of ether oxygens (including phenoxy) is 1. The number of benzene rings is 7. The number of pyridine rings is 2. The molecule has 60 heavy (non-hydrogen) atoms. The van der Waals surface area contributed by atoms with Gasteiger partial charge in [0.25, 0.3) is 0 Å². The Morgan fingerprint density at radius 1 is 0.400 bits per heavy atom. The Kier molecular flexibility index (Phi) is 7.69. The van der Waals surface area contributed by atoms with Crippen molar-refractivity contribution in [2.24, 2.45) is 0 Å². The van der Waals surface area contributed by atoms with Gasteiger partial charge < -0.3 is 4.74 Å². The van der Waals surface area contributed by atoms with Gasteiger partial charge in [-0.1, -0.05) is 146 Å². The first-order valence-electron chi connectivity index (χ1n) is 20.2. The van der Waals surface area contributed by atoms with Crippen LogP contribution in [0.5, 0.6) is 11.5 Å². The molecule has 1 unspecified atom stereocenters. The van der Waals surface area contributed by atoms with Crippen molar-refractivity contribution in [2.75, 3.05) is 0 Å². The van der Waals surface area contributed by atoms with E-state index in [1.54, 1.807) is 6.20 Å². The predicted octanol–water partition coefficient (Wildman–Crippen LogP) is 13.2. The molecule has 1 atom stereocenters. The van der Waals surface area contributed by atoms with E-state index in [9.17, 15) is 0 Å². The van der Waals surface area contributed by atoms with Crippen LogP contribution in [0.3, 0.4) is 0 Å². The van der Waals surface area contributed by atoms with Crippen LogP contribution in [0.15, 0.2) is 207 Å². The zero-order chi connectivity index (χ0) is 39.6. The van der Waals surface area contributed by atoms with E-state index in [1.165, 1.54) is 22.3 Å². The number of aromatic nitrogens is 4. The number of rotatable bonds is 4. The summed E-state index contributed by atoms with van der Waals surface area (Å²) in [5, 5.41) is 2.21. The summed E-state index contributed by atoms with van der Waals surface area (Å²) in [6.45, 7) is 0. The zero-order valence-electron chi connectivity index (χ0n) is 32.3. The predicted molar refractivity (Wildman–Crippen MR) is 240 cm³/mol. The molecule has 10 aromatic rings. The highest BCUT2D eigenvalue weighted by atomic mass is 16.5. The summed E-state index contributed by atoms with van der Waals surface area (Å²) in [4.78, 5) is 19.8. The van der Waals surface area contributed by atoms with E-state index in [1.807, 2.05) is 48.8 Å². The molecule has 7 aromatic carbocycles. The number of nitrogens with zero attached hydrogens (tertiary/aromatic N) is 4. The monoisotopic (exact) mass is 766 g/mol. The summed E-state index contributed by atoms with van der Waals surface area (Å²) >= 11 is 0. The van der Waals surface area contributed by atoms with E-state index in [4.69, 9.17) is 19.7 Å². The number of hydrogen-bond acceptors (Lipinski definition) is 5. The minimum Gasteiger partial charge on any atom is -0.456 e. The van der Waals surface area contributed by atoms with Crippen molar-refractivity contribution in [1.82, 2.24) is 19.9 Å². The molecule has 5 heteroatoms. The lowest BCUT2D eigenvalue weighted by atomic mass is 9.61. The van der Waals surface area contributed by atoms with Crippen molar-refractivity contribution in [1.29, 1.82) is 0 Å². The molecule has 0 saturated carbocycles. The number of hydrogen-bond donors (Lipinski definition) is 0. The SMILES string of the molecule is c1ccc(-c2cc(-c3ccc(-c4cccnc4)nc3)nc(-c3ccc4c(c3)C3(c5ccccc5Oc5c3ccc3ccccc53)c3ccccc3-c3ccccc3-4)n2)cc1. The van der Waals surface area contributed by atoms with Crippen LogP contribution in [0.25, 0.3) is 78.2 Å². The van der Waals surface area contributed by atoms with Gasteiger partial charge in [0.05, 0.1) is 22.5 Å². The number of fused-ring (bicyclic) bond motifs is 13. The third-order valence-electron chi connectivity index (χ3n) is 12.1. The third-order valence-corrected chi connectivity index (χ3v) is 12.1. The van der Waals surface area contributed by atoms with Crippen molar-refractivity contribution in [3.05, 3.63) is 229 Å². The van der Waals surface area contributed by atoms with Gasteiger partial charge >= 0.3 is 0 Å². The van der Waals surface area contributed by atoms with Gasteiger partial charge in [-0.05, 0) is 81.2 Å². The van der Waals surface area contributed by atoms with Crippen LogP contribution >= 0.6 is 0 Å². The van der Waals surface area contributed by atoms with Crippen molar-refractivity contribution in [3.8, 4) is 78.9 Å². The third kappa shape index (κ3) is 5.19. The highest BCUT2D eigenvalue weighted by molar-refractivity contribution is 5.98. The van der Waals surface area contributed by atoms with E-state index in [2.05, 4.69) is 157 Å². The molecule has 0 amide bonds. The van der Waals surface area contributed by atoms with Crippen molar-refractivity contribution in [2.45, 2.75) is 5.41 Å². The molecule has 4 heterocycles. The normalized spacial score (nSPS) is 14.5. The average Bonchev–Trinajstić information content (AvgIpc) is 3.43. The van der Waals surface area contributed by atoms with E-state index < -0.39 is 5.41 Å². The molecule has 2 aliphatic rings. The van der Waals surface area contributed by atoms with E-state index >= 15 is 0 Å². The lowest BCUT2D eigenvalue weighted by Gasteiger charge is -2.42. The Morgan fingerprint density at radius 3 is 1.87 bits per heavy atom. The molecule has 0 N–H and O–H groups in total. The quantitative estimate of drug-likeness (QED) is 0.178. The molecule has 3 aromatic heterocycles. The van der Waals surface area contributed by atoms with Gasteiger partial charge in [-0.2, -0.15) is 0 Å². The second-order valence-corrected chi connectivity index (χ2v) is 15.4. The first kappa shape index (κ1) is 34.1. The maximum atomic E-state index is 7.01. The molecule has 0 saturated heterocycles. The second kappa shape index (κ2) is 13.5. The Hall–Kier alpha value is -8.02. The van der Waals surface area contributed by atoms with Crippen LogP contribution in [-0.2, 0) is 5.41 Å². The molecule has 5 nitrogen and oxygen atoms in total. The summed E-state index contributed by atoms with van der Waals surface area (Å²) in [6.07, 6.45) is 5.50. The fourth-order valence-electron chi connectivity index (χ4n) is 9.43. The summed E-state index contributed by atoms with van der Waals surface area (Å²) in [5.74, 6) is 2.34. The molecular weight excluding hydrogens is 733 g/mol. The molecule has 12 rings (SSSR count). The van der Waals surface area contributed by atoms with Gasteiger partial charge in [0.1, 0.15) is 11.5 Å². The Labute approximate surface area is 347 Å². The van der Waals surface area contributed by atoms with Gasteiger partial charge in [-0.3, -0.25) is 9.97 Å². The van der Waals surface area contributed by atoms with Crippen LogP contribution in [-0.4, -0.2) is 19.9 Å². The van der Waals surface area contributed by atoms with Gasteiger partial charge in [0, 0.05) is 57.4 Å². The van der Waals surface area contributed by atoms with Gasteiger partial charge in [0.2, 0.25) is 0 Å². The summed E-state index contributed by atoms with van der Waals surface area (Å²) in [7, 11) is 0. The Balaban J connectivity index is 1.15. The minimum absolute atomic E-state index is 0.630. The van der Waals surface area contributed by atoms with E-state index in [-0.39, 0.29) is 0 Å². The largest absolute Gasteiger partial charge is 0.456 e. The molecule has 1 aliphatic carbocycles. The molecule has 0 radical (unpaired) electrons. The highest BCUT2D eigenvalue weighted by Crippen LogP contribution is 2.62. The van der Waals surface area contributed by atoms with Crippen LogP contribution in [0, 0.1) is 0 Å². The lowest BCUT2D eigenvalue weighted by molar-refractivity contribution is 0.440. The molecule has 1 spiro atoms. The minimum atomic E-state index is -0.777. The summed E-state index contributed by atoms with van der Waals surface area (Å²) < 4.78 is 7.01. The summed E-state index contributed by atoms with van der Waals surface area (Å²) in [6, 6.07) is 66.5. The highest BCUT2D eigenvalue weighted by Gasteiger charge is 2.49. The van der Waals surface area contributed by atoms with Gasteiger partial charge in [-0.15, -0.1) is 0 Å². The fourth-order valence-corrected chi connectivity index (χ4v) is 9.43. The van der Waals surface area contributed by atoms with Crippen molar-refractivity contribution in [3.63, 3.8) is 0 Å². The maximum Gasteiger partial charge on any atom is 0.160 e. The number of para-hydroxylation sites is 1. The van der Waals surface area contributed by atoms with E-state index in [0.29, 0.717) is 5.82 Å². The Morgan fingerprint density at radius 2 is 1.07 bits per heavy atom. The van der Waals surface area contributed by atoms with Crippen LogP contribution in [0.2, 0.25) is 0 Å². The molecule has 0 bridgehead atoms. The van der Waals surface area contributed by atoms with Gasteiger partial charge in [0.15, 0.2) is 5.82 Å². The van der Waals surface area contributed by atoms with Crippen LogP contribution in [0.1, 0.15) is 22.3 Å². The first-order valence-corrected chi connectivity index (χ1v) is 20.2. The lowest BCUT2D eigenvalue weighted by Crippen LogP contribution is -2.35.